The molecule has 0 aliphatic rings. The molecule has 0 unspecified atom stereocenters. The lowest BCUT2D eigenvalue weighted by atomic mass is 10.2. The number of unbranched alkanes of at least 4 members (excludes halogenated alkanes) is 4. The van der Waals surface area contributed by atoms with E-state index in [0.29, 0.717) is 5.92 Å². The maximum absolute atomic E-state index is 5.93. The Balaban J connectivity index is 1.77. The van der Waals surface area contributed by atoms with E-state index in [-0.39, 0.29) is 0 Å². The summed E-state index contributed by atoms with van der Waals surface area (Å²) in [6.07, 6.45) is 6.31. The highest BCUT2D eigenvalue weighted by molar-refractivity contribution is 5.47. The van der Waals surface area contributed by atoms with Gasteiger partial charge in [0.2, 0.25) is 0 Å². The zero-order valence-electron chi connectivity index (χ0n) is 17.2. The summed E-state index contributed by atoms with van der Waals surface area (Å²) in [7, 11) is 0. The van der Waals surface area contributed by atoms with Gasteiger partial charge in [-0.3, -0.25) is 0 Å². The highest BCUT2D eigenvalue weighted by atomic mass is 16.5. The average molecular weight is 370 g/mol. The molecule has 27 heavy (non-hydrogen) atoms. The second-order valence-corrected chi connectivity index (χ2v) is 7.45. The Bertz CT molecular complexity index is 637. The Hall–Kier alpha value is -2.16. The normalized spacial score (nSPS) is 10.8. The van der Waals surface area contributed by atoms with Crippen molar-refractivity contribution in [3.8, 4) is 11.5 Å². The van der Waals surface area contributed by atoms with Gasteiger partial charge in [-0.2, -0.15) is 0 Å². The summed E-state index contributed by atoms with van der Waals surface area (Å²) in [5.74, 6) is 2.42. The average Bonchev–Trinajstić information content (AvgIpc) is 2.69. The Morgan fingerprint density at radius 3 is 2.33 bits per heavy atom. The molecule has 2 aromatic rings. The lowest BCUT2D eigenvalue weighted by Crippen LogP contribution is -2.08. The number of ether oxygens (including phenoxy) is 2. The summed E-state index contributed by atoms with van der Waals surface area (Å²) in [5.41, 5.74) is 2.26. The molecule has 2 rings (SSSR count). The first-order valence-corrected chi connectivity index (χ1v) is 10.4. The number of anilines is 1. The molecular weight excluding hydrogens is 334 g/mol. The molecule has 0 aliphatic carbocycles. The molecule has 3 nitrogen and oxygen atoms in total. The minimum Gasteiger partial charge on any atom is -0.494 e. The molecule has 3 heteroatoms. The summed E-state index contributed by atoms with van der Waals surface area (Å²) >= 11 is 0. The van der Waals surface area contributed by atoms with Gasteiger partial charge in [0.1, 0.15) is 11.5 Å². The van der Waals surface area contributed by atoms with Crippen molar-refractivity contribution in [3.05, 3.63) is 54.1 Å². The van der Waals surface area contributed by atoms with Crippen LogP contribution < -0.4 is 14.8 Å². The van der Waals surface area contributed by atoms with Crippen molar-refractivity contribution in [1.29, 1.82) is 0 Å². The van der Waals surface area contributed by atoms with Crippen LogP contribution in [0.15, 0.2) is 48.5 Å². The van der Waals surface area contributed by atoms with Crippen molar-refractivity contribution in [2.75, 3.05) is 18.5 Å². The van der Waals surface area contributed by atoms with Crippen LogP contribution in [0.25, 0.3) is 0 Å². The minimum atomic E-state index is 0.519. The summed E-state index contributed by atoms with van der Waals surface area (Å²) in [4.78, 5) is 0. The largest absolute Gasteiger partial charge is 0.494 e. The number of nitrogens with one attached hydrogen (secondary N) is 1. The van der Waals surface area contributed by atoms with E-state index >= 15 is 0 Å². The van der Waals surface area contributed by atoms with E-state index in [9.17, 15) is 0 Å². The summed E-state index contributed by atoms with van der Waals surface area (Å²) < 4.78 is 11.8. The number of hydrogen-bond acceptors (Lipinski definition) is 3. The Kier molecular flexibility index (Phi) is 9.61. The fourth-order valence-corrected chi connectivity index (χ4v) is 2.81. The number of para-hydroxylation sites is 1. The molecule has 0 fully saturated rings. The zero-order chi connectivity index (χ0) is 19.3. The first-order chi connectivity index (χ1) is 13.2. The second-order valence-electron chi connectivity index (χ2n) is 7.45. The molecule has 0 bridgehead atoms. The predicted molar refractivity (Wildman–Crippen MR) is 115 cm³/mol. The maximum atomic E-state index is 5.93. The lowest BCUT2D eigenvalue weighted by Gasteiger charge is -2.14. The molecule has 148 valence electrons. The number of benzene rings is 2. The van der Waals surface area contributed by atoms with Gasteiger partial charge in [0, 0.05) is 17.8 Å². The van der Waals surface area contributed by atoms with Crippen LogP contribution in [0.4, 0.5) is 5.69 Å². The van der Waals surface area contributed by atoms with E-state index in [2.05, 4.69) is 50.4 Å². The third-order valence-corrected chi connectivity index (χ3v) is 4.40. The molecule has 0 heterocycles. The van der Waals surface area contributed by atoms with Crippen molar-refractivity contribution in [1.82, 2.24) is 0 Å². The van der Waals surface area contributed by atoms with E-state index in [1.165, 1.54) is 31.2 Å². The third-order valence-electron chi connectivity index (χ3n) is 4.40. The molecule has 1 N–H and O–H groups in total. The second kappa shape index (κ2) is 12.3. The van der Waals surface area contributed by atoms with Gasteiger partial charge in [-0.25, -0.2) is 0 Å². The van der Waals surface area contributed by atoms with Gasteiger partial charge in [0.05, 0.1) is 13.2 Å². The molecule has 0 saturated heterocycles. The minimum absolute atomic E-state index is 0.519. The standard InChI is InChI=1S/C24H35NO2/c1-4-5-6-7-10-17-26-23-15-13-22(14-16-23)25-18-21-11-8-9-12-24(21)27-19-20(2)3/h8-9,11-16,20,25H,4-7,10,17-19H2,1-3H3. The third kappa shape index (κ3) is 8.38. The Morgan fingerprint density at radius 2 is 1.59 bits per heavy atom. The molecule has 0 saturated carbocycles. The Labute approximate surface area is 165 Å². The summed E-state index contributed by atoms with van der Waals surface area (Å²) in [5, 5.41) is 3.47. The molecule has 0 aromatic heterocycles. The molecule has 2 aromatic carbocycles. The summed E-state index contributed by atoms with van der Waals surface area (Å²) in [6, 6.07) is 16.4. The Morgan fingerprint density at radius 1 is 0.852 bits per heavy atom. The first kappa shape index (κ1) is 21.1. The van der Waals surface area contributed by atoms with E-state index < -0.39 is 0 Å². The van der Waals surface area contributed by atoms with E-state index in [1.807, 2.05) is 24.3 Å². The van der Waals surface area contributed by atoms with Gasteiger partial charge >= 0.3 is 0 Å². The number of rotatable bonds is 13. The van der Waals surface area contributed by atoms with Crippen LogP contribution in [0.2, 0.25) is 0 Å². The van der Waals surface area contributed by atoms with Crippen LogP contribution >= 0.6 is 0 Å². The quantitative estimate of drug-likeness (QED) is 0.399. The van der Waals surface area contributed by atoms with Crippen LogP contribution in [-0.4, -0.2) is 13.2 Å². The van der Waals surface area contributed by atoms with E-state index in [4.69, 9.17) is 9.47 Å². The summed E-state index contributed by atoms with van der Waals surface area (Å²) in [6.45, 7) is 8.85. The highest BCUT2D eigenvalue weighted by Gasteiger charge is 2.04. The van der Waals surface area contributed by atoms with Crippen LogP contribution in [0.5, 0.6) is 11.5 Å². The van der Waals surface area contributed by atoms with Crippen molar-refractivity contribution >= 4 is 5.69 Å². The van der Waals surface area contributed by atoms with Crippen molar-refractivity contribution in [2.24, 2.45) is 5.92 Å². The lowest BCUT2D eigenvalue weighted by molar-refractivity contribution is 0.269. The molecule has 0 atom stereocenters. The SMILES string of the molecule is CCCCCCCOc1ccc(NCc2ccccc2OCC(C)C)cc1. The maximum Gasteiger partial charge on any atom is 0.124 e. The van der Waals surface area contributed by atoms with Crippen LogP contribution in [0.3, 0.4) is 0 Å². The van der Waals surface area contributed by atoms with Crippen molar-refractivity contribution in [2.45, 2.75) is 59.4 Å². The molecule has 0 amide bonds. The zero-order valence-corrected chi connectivity index (χ0v) is 17.2. The topological polar surface area (TPSA) is 30.5 Å². The van der Waals surface area contributed by atoms with Crippen molar-refractivity contribution in [3.63, 3.8) is 0 Å². The fourth-order valence-electron chi connectivity index (χ4n) is 2.81. The smallest absolute Gasteiger partial charge is 0.124 e. The molecular formula is C24H35NO2. The van der Waals surface area contributed by atoms with Crippen LogP contribution in [0.1, 0.15) is 58.4 Å². The number of hydrogen-bond donors (Lipinski definition) is 1. The van der Waals surface area contributed by atoms with E-state index in [0.717, 1.165) is 43.4 Å². The predicted octanol–water partition coefficient (Wildman–Crippen LogP) is 6.68. The fraction of sp³-hybridized carbons (Fsp3) is 0.500. The van der Waals surface area contributed by atoms with Gasteiger partial charge in [-0.15, -0.1) is 0 Å². The van der Waals surface area contributed by atoms with Crippen LogP contribution in [-0.2, 0) is 6.54 Å². The van der Waals surface area contributed by atoms with Crippen molar-refractivity contribution < 1.29 is 9.47 Å². The van der Waals surface area contributed by atoms with Gasteiger partial charge in [0.15, 0.2) is 0 Å². The molecule has 0 spiro atoms. The first-order valence-electron chi connectivity index (χ1n) is 10.4. The van der Waals surface area contributed by atoms with Gasteiger partial charge in [-0.05, 0) is 42.7 Å². The van der Waals surface area contributed by atoms with Gasteiger partial charge in [-0.1, -0.05) is 64.7 Å². The van der Waals surface area contributed by atoms with Crippen LogP contribution in [0, 0.1) is 5.92 Å². The molecule has 0 radical (unpaired) electrons. The highest BCUT2D eigenvalue weighted by Crippen LogP contribution is 2.21. The monoisotopic (exact) mass is 369 g/mol. The van der Waals surface area contributed by atoms with Gasteiger partial charge < -0.3 is 14.8 Å². The van der Waals surface area contributed by atoms with Gasteiger partial charge in [0.25, 0.3) is 0 Å². The molecule has 0 aliphatic heterocycles. The van der Waals surface area contributed by atoms with E-state index in [1.54, 1.807) is 0 Å².